The number of aromatic nitrogens is 2. The zero-order chi connectivity index (χ0) is 17.3. The van der Waals surface area contributed by atoms with E-state index in [9.17, 15) is 4.79 Å². The molecule has 0 unspecified atom stereocenters. The Hall–Kier alpha value is -2.63. The molecule has 2 heterocycles. The van der Waals surface area contributed by atoms with Gasteiger partial charge < -0.3 is 13.8 Å². The van der Waals surface area contributed by atoms with Crippen LogP contribution in [0.4, 0.5) is 0 Å². The van der Waals surface area contributed by atoms with Gasteiger partial charge in [0.25, 0.3) is 5.91 Å². The number of aryl methyl sites for hydroxylation is 1. The standard InChI is InChI=1S/C18H21N3O3/c1-11(2)8-16-19-15(20-24-16)10-21(4)18(22)14-7-5-6-13-9-12(3)23-17(13)14/h5-7,9,11H,8,10H2,1-4H3. The number of carbonyl (C=O) groups excluding carboxylic acids is 1. The first-order chi connectivity index (χ1) is 11.4. The fourth-order valence-corrected chi connectivity index (χ4v) is 2.64. The quantitative estimate of drug-likeness (QED) is 0.716. The van der Waals surface area contributed by atoms with Gasteiger partial charge >= 0.3 is 0 Å². The van der Waals surface area contributed by atoms with Crippen LogP contribution in [0.3, 0.4) is 0 Å². The second kappa shape index (κ2) is 6.47. The fourth-order valence-electron chi connectivity index (χ4n) is 2.64. The molecule has 3 rings (SSSR count). The average Bonchev–Trinajstić information content (AvgIpc) is 3.10. The van der Waals surface area contributed by atoms with E-state index in [4.69, 9.17) is 8.94 Å². The highest BCUT2D eigenvalue weighted by atomic mass is 16.5. The summed E-state index contributed by atoms with van der Waals surface area (Å²) in [4.78, 5) is 18.6. The predicted molar refractivity (Wildman–Crippen MR) is 89.6 cm³/mol. The molecule has 2 aromatic heterocycles. The number of para-hydroxylation sites is 1. The highest BCUT2D eigenvalue weighted by molar-refractivity contribution is 6.04. The molecule has 0 radical (unpaired) electrons. The molecule has 0 N–H and O–H groups in total. The summed E-state index contributed by atoms with van der Waals surface area (Å²) in [6.45, 7) is 6.33. The van der Waals surface area contributed by atoms with Gasteiger partial charge in [0, 0.05) is 18.9 Å². The minimum atomic E-state index is -0.134. The second-order valence-corrected chi connectivity index (χ2v) is 6.44. The molecule has 126 valence electrons. The molecule has 6 heteroatoms. The normalized spacial score (nSPS) is 11.4. The minimum absolute atomic E-state index is 0.134. The lowest BCUT2D eigenvalue weighted by Crippen LogP contribution is -2.26. The highest BCUT2D eigenvalue weighted by Crippen LogP contribution is 2.24. The average molecular weight is 327 g/mol. The van der Waals surface area contributed by atoms with Crippen molar-refractivity contribution in [1.29, 1.82) is 0 Å². The molecular weight excluding hydrogens is 306 g/mol. The first-order valence-corrected chi connectivity index (χ1v) is 8.00. The predicted octanol–water partition coefficient (Wildman–Crippen LogP) is 3.59. The maximum Gasteiger partial charge on any atom is 0.257 e. The Balaban J connectivity index is 1.77. The maximum atomic E-state index is 12.7. The lowest BCUT2D eigenvalue weighted by molar-refractivity contribution is 0.0781. The molecule has 0 bridgehead atoms. The van der Waals surface area contributed by atoms with Gasteiger partial charge in [-0.05, 0) is 25.0 Å². The van der Waals surface area contributed by atoms with E-state index in [0.29, 0.717) is 28.8 Å². The molecule has 0 fully saturated rings. The van der Waals surface area contributed by atoms with Crippen LogP contribution in [-0.4, -0.2) is 28.0 Å². The third-order valence-corrected chi connectivity index (χ3v) is 3.72. The Kier molecular flexibility index (Phi) is 4.38. The van der Waals surface area contributed by atoms with E-state index < -0.39 is 0 Å². The lowest BCUT2D eigenvalue weighted by atomic mass is 10.1. The van der Waals surface area contributed by atoms with E-state index in [2.05, 4.69) is 24.0 Å². The van der Waals surface area contributed by atoms with Gasteiger partial charge in [0.15, 0.2) is 5.82 Å². The van der Waals surface area contributed by atoms with Gasteiger partial charge in [-0.1, -0.05) is 31.1 Å². The smallest absolute Gasteiger partial charge is 0.257 e. The van der Waals surface area contributed by atoms with Gasteiger partial charge in [-0.3, -0.25) is 4.79 Å². The SMILES string of the molecule is Cc1cc2cccc(C(=O)N(C)Cc3noc(CC(C)C)n3)c2o1. The molecular formula is C18H21N3O3. The highest BCUT2D eigenvalue weighted by Gasteiger charge is 2.19. The second-order valence-electron chi connectivity index (χ2n) is 6.44. The van der Waals surface area contributed by atoms with Crippen molar-refractivity contribution in [3.05, 3.63) is 47.3 Å². The summed E-state index contributed by atoms with van der Waals surface area (Å²) in [7, 11) is 1.72. The number of benzene rings is 1. The fraction of sp³-hybridized carbons (Fsp3) is 0.389. The molecule has 0 atom stereocenters. The summed E-state index contributed by atoms with van der Waals surface area (Å²) in [5.41, 5.74) is 1.15. The van der Waals surface area contributed by atoms with E-state index in [1.165, 1.54) is 0 Å². The largest absolute Gasteiger partial charge is 0.461 e. The lowest BCUT2D eigenvalue weighted by Gasteiger charge is -2.15. The number of rotatable bonds is 5. The maximum absolute atomic E-state index is 12.7. The molecule has 0 saturated carbocycles. The van der Waals surface area contributed by atoms with Crippen molar-refractivity contribution in [1.82, 2.24) is 15.0 Å². The number of furan rings is 1. The number of nitrogens with zero attached hydrogens (tertiary/aromatic N) is 3. The third kappa shape index (κ3) is 3.32. The number of hydrogen-bond donors (Lipinski definition) is 0. The zero-order valence-electron chi connectivity index (χ0n) is 14.4. The number of carbonyl (C=O) groups is 1. The summed E-state index contributed by atoms with van der Waals surface area (Å²) >= 11 is 0. The summed E-state index contributed by atoms with van der Waals surface area (Å²) in [6, 6.07) is 7.47. The third-order valence-electron chi connectivity index (χ3n) is 3.72. The van der Waals surface area contributed by atoms with Crippen molar-refractivity contribution in [3.8, 4) is 0 Å². The summed E-state index contributed by atoms with van der Waals surface area (Å²) < 4.78 is 10.9. The van der Waals surface area contributed by atoms with Crippen molar-refractivity contribution in [2.45, 2.75) is 33.7 Å². The van der Waals surface area contributed by atoms with Gasteiger partial charge in [-0.2, -0.15) is 4.98 Å². The van der Waals surface area contributed by atoms with Crippen LogP contribution in [0.5, 0.6) is 0 Å². The molecule has 0 aliphatic heterocycles. The Bertz CT molecular complexity index is 863. The van der Waals surface area contributed by atoms with Gasteiger partial charge in [-0.15, -0.1) is 0 Å². The van der Waals surface area contributed by atoms with Crippen LogP contribution < -0.4 is 0 Å². The topological polar surface area (TPSA) is 72.4 Å². The van der Waals surface area contributed by atoms with Gasteiger partial charge in [0.05, 0.1) is 12.1 Å². The van der Waals surface area contributed by atoms with E-state index in [0.717, 1.165) is 17.6 Å². The molecule has 0 spiro atoms. The minimum Gasteiger partial charge on any atom is -0.461 e. The first kappa shape index (κ1) is 16.2. The van der Waals surface area contributed by atoms with Crippen LogP contribution in [0.15, 0.2) is 33.2 Å². The van der Waals surface area contributed by atoms with Crippen LogP contribution in [0.2, 0.25) is 0 Å². The van der Waals surface area contributed by atoms with Crippen LogP contribution in [0.1, 0.15) is 41.7 Å². The van der Waals surface area contributed by atoms with Crippen LogP contribution >= 0.6 is 0 Å². The Morgan fingerprint density at radius 3 is 2.88 bits per heavy atom. The summed E-state index contributed by atoms with van der Waals surface area (Å²) in [5, 5.41) is 4.87. The van der Waals surface area contributed by atoms with Crippen molar-refractivity contribution >= 4 is 16.9 Å². The van der Waals surface area contributed by atoms with Crippen molar-refractivity contribution in [2.75, 3.05) is 7.05 Å². The van der Waals surface area contributed by atoms with Crippen LogP contribution in [0.25, 0.3) is 11.0 Å². The summed E-state index contributed by atoms with van der Waals surface area (Å²) in [5.74, 6) is 2.20. The van der Waals surface area contributed by atoms with Crippen LogP contribution in [-0.2, 0) is 13.0 Å². The van der Waals surface area contributed by atoms with E-state index >= 15 is 0 Å². The van der Waals surface area contributed by atoms with E-state index in [-0.39, 0.29) is 12.5 Å². The van der Waals surface area contributed by atoms with E-state index in [1.54, 1.807) is 18.0 Å². The van der Waals surface area contributed by atoms with Gasteiger partial charge in [0.1, 0.15) is 11.3 Å². The monoisotopic (exact) mass is 327 g/mol. The molecule has 6 nitrogen and oxygen atoms in total. The van der Waals surface area contributed by atoms with Gasteiger partial charge in [-0.25, -0.2) is 0 Å². The molecule has 24 heavy (non-hydrogen) atoms. The van der Waals surface area contributed by atoms with Crippen LogP contribution in [0, 0.1) is 12.8 Å². The Morgan fingerprint density at radius 1 is 1.33 bits per heavy atom. The Morgan fingerprint density at radius 2 is 2.12 bits per heavy atom. The molecule has 0 aliphatic carbocycles. The number of amides is 1. The van der Waals surface area contributed by atoms with Crippen molar-refractivity contribution < 1.29 is 13.7 Å². The number of fused-ring (bicyclic) bond motifs is 1. The molecule has 1 aromatic carbocycles. The summed E-state index contributed by atoms with van der Waals surface area (Å²) in [6.07, 6.45) is 0.732. The first-order valence-electron chi connectivity index (χ1n) is 8.00. The van der Waals surface area contributed by atoms with E-state index in [1.807, 2.05) is 25.1 Å². The molecule has 0 saturated heterocycles. The molecule has 3 aromatic rings. The van der Waals surface area contributed by atoms with Crippen molar-refractivity contribution in [3.63, 3.8) is 0 Å². The number of hydrogen-bond acceptors (Lipinski definition) is 5. The zero-order valence-corrected chi connectivity index (χ0v) is 14.4. The molecule has 1 amide bonds. The van der Waals surface area contributed by atoms with Crippen molar-refractivity contribution in [2.24, 2.45) is 5.92 Å². The Labute approximate surface area is 140 Å². The molecule has 0 aliphatic rings. The van der Waals surface area contributed by atoms with Gasteiger partial charge in [0.2, 0.25) is 5.89 Å².